The lowest BCUT2D eigenvalue weighted by molar-refractivity contribution is -0.116. The molecular weight excluding hydrogens is 400 g/mol. The summed E-state index contributed by atoms with van der Waals surface area (Å²) in [5, 5.41) is 17.4. The number of benzene rings is 2. The van der Waals surface area contributed by atoms with Crippen molar-refractivity contribution in [2.24, 2.45) is 0 Å². The molecule has 0 radical (unpaired) electrons. The lowest BCUT2D eigenvalue weighted by atomic mass is 10.00. The number of β-amino-alcohol motifs (C(OH)–C–C–N with tert-alkyl or cyclic N) is 1. The van der Waals surface area contributed by atoms with Crippen molar-refractivity contribution in [1.82, 2.24) is 10.2 Å². The summed E-state index contributed by atoms with van der Waals surface area (Å²) in [5.41, 5.74) is 4.59. The monoisotopic (exact) mass is 428 g/mol. The van der Waals surface area contributed by atoms with E-state index in [1.54, 1.807) is 0 Å². The van der Waals surface area contributed by atoms with E-state index in [9.17, 15) is 9.90 Å². The molecule has 0 aromatic heterocycles. The van der Waals surface area contributed by atoms with Gasteiger partial charge in [-0.15, -0.1) is 0 Å². The molecule has 7 heteroatoms. The second-order valence-corrected chi connectivity index (χ2v) is 8.49. The van der Waals surface area contributed by atoms with Crippen LogP contribution in [0.15, 0.2) is 42.5 Å². The van der Waals surface area contributed by atoms with E-state index in [0.717, 1.165) is 55.4 Å². The van der Waals surface area contributed by atoms with Gasteiger partial charge in [0, 0.05) is 68.6 Å². The SMILES string of the molecule is O=C1CCc2c(cccc2N2CCN(CC(O)CNCc3ccc(Cl)cc3)CC2)N1. The molecule has 6 nitrogen and oxygen atoms in total. The molecule has 2 aliphatic heterocycles. The standard InChI is InChI=1S/C23H29ClN4O2/c24-18-6-4-17(5-7-18)14-25-15-19(29)16-27-10-12-28(13-11-27)22-3-1-2-21-20(22)8-9-23(30)26-21/h1-7,19,25,29H,8-16H2,(H,26,30). The van der Waals surface area contributed by atoms with Crippen LogP contribution < -0.4 is 15.5 Å². The first-order valence-corrected chi connectivity index (χ1v) is 11.0. The van der Waals surface area contributed by atoms with Gasteiger partial charge in [0.25, 0.3) is 0 Å². The maximum absolute atomic E-state index is 11.7. The largest absolute Gasteiger partial charge is 0.390 e. The van der Waals surface area contributed by atoms with Gasteiger partial charge in [-0.3, -0.25) is 9.69 Å². The maximum atomic E-state index is 11.7. The number of carbonyl (C=O) groups is 1. The molecule has 4 rings (SSSR count). The second-order valence-electron chi connectivity index (χ2n) is 8.05. The van der Waals surface area contributed by atoms with E-state index in [4.69, 9.17) is 11.6 Å². The topological polar surface area (TPSA) is 67.8 Å². The Hall–Kier alpha value is -2.12. The van der Waals surface area contributed by atoms with Crippen molar-refractivity contribution in [3.05, 3.63) is 58.6 Å². The van der Waals surface area contributed by atoms with Crippen LogP contribution in [-0.2, 0) is 17.8 Å². The van der Waals surface area contributed by atoms with Crippen LogP contribution in [0.5, 0.6) is 0 Å². The van der Waals surface area contributed by atoms with Crippen LogP contribution >= 0.6 is 11.6 Å². The number of rotatable bonds is 7. The van der Waals surface area contributed by atoms with Crippen molar-refractivity contribution in [2.45, 2.75) is 25.5 Å². The number of hydrogen-bond donors (Lipinski definition) is 3. The molecule has 1 saturated heterocycles. The zero-order chi connectivity index (χ0) is 20.9. The molecule has 160 valence electrons. The zero-order valence-corrected chi connectivity index (χ0v) is 17.9. The third-order valence-corrected chi connectivity index (χ3v) is 6.08. The summed E-state index contributed by atoms with van der Waals surface area (Å²) in [6.07, 6.45) is 0.956. The number of halogens is 1. The van der Waals surface area contributed by atoms with Gasteiger partial charge in [0.15, 0.2) is 0 Å². The summed E-state index contributed by atoms with van der Waals surface area (Å²) in [4.78, 5) is 16.4. The van der Waals surface area contributed by atoms with Crippen LogP contribution in [0, 0.1) is 0 Å². The molecule has 3 N–H and O–H groups in total. The third kappa shape index (κ3) is 5.32. The number of aliphatic hydroxyl groups is 1. The molecule has 0 aliphatic carbocycles. The smallest absolute Gasteiger partial charge is 0.224 e. The number of nitrogens with one attached hydrogen (secondary N) is 2. The van der Waals surface area contributed by atoms with Gasteiger partial charge < -0.3 is 20.6 Å². The van der Waals surface area contributed by atoms with Crippen molar-refractivity contribution in [2.75, 3.05) is 49.5 Å². The highest BCUT2D eigenvalue weighted by atomic mass is 35.5. The fourth-order valence-corrected chi connectivity index (χ4v) is 4.35. The van der Waals surface area contributed by atoms with Gasteiger partial charge in [-0.05, 0) is 41.8 Å². The van der Waals surface area contributed by atoms with Gasteiger partial charge in [0.1, 0.15) is 0 Å². The van der Waals surface area contributed by atoms with Crippen LogP contribution in [0.25, 0.3) is 0 Å². The van der Waals surface area contributed by atoms with Crippen LogP contribution in [0.1, 0.15) is 17.5 Å². The lowest BCUT2D eigenvalue weighted by Crippen LogP contribution is -2.50. The van der Waals surface area contributed by atoms with Crippen molar-refractivity contribution >= 4 is 28.9 Å². The molecular formula is C23H29ClN4O2. The Kier molecular flexibility index (Phi) is 6.89. The fourth-order valence-electron chi connectivity index (χ4n) is 4.22. The Labute approximate surface area is 182 Å². The molecule has 2 aromatic carbocycles. The highest BCUT2D eigenvalue weighted by Crippen LogP contribution is 2.32. The molecule has 1 atom stereocenters. The average Bonchev–Trinajstić information content (AvgIpc) is 2.75. The highest BCUT2D eigenvalue weighted by Gasteiger charge is 2.24. The molecule has 2 aliphatic rings. The number of aliphatic hydroxyl groups excluding tert-OH is 1. The van der Waals surface area contributed by atoms with Gasteiger partial charge in [-0.1, -0.05) is 29.8 Å². The molecule has 30 heavy (non-hydrogen) atoms. The Balaban J connectivity index is 1.22. The first-order chi connectivity index (χ1) is 14.6. The quantitative estimate of drug-likeness (QED) is 0.632. The van der Waals surface area contributed by atoms with Crippen LogP contribution in [-0.4, -0.2) is 61.3 Å². The van der Waals surface area contributed by atoms with Gasteiger partial charge >= 0.3 is 0 Å². The van der Waals surface area contributed by atoms with E-state index < -0.39 is 6.10 Å². The van der Waals surface area contributed by atoms with Gasteiger partial charge in [-0.2, -0.15) is 0 Å². The van der Waals surface area contributed by atoms with Gasteiger partial charge in [0.05, 0.1) is 6.10 Å². The predicted octanol–water partition coefficient (Wildman–Crippen LogP) is 2.50. The predicted molar refractivity (Wildman–Crippen MR) is 121 cm³/mol. The molecule has 1 fully saturated rings. The normalized spacial score (nSPS) is 18.1. The number of carbonyl (C=O) groups excluding carboxylic acids is 1. The summed E-state index contributed by atoms with van der Waals surface area (Å²) >= 11 is 5.91. The molecule has 2 heterocycles. The Morgan fingerprint density at radius 2 is 1.83 bits per heavy atom. The van der Waals surface area contributed by atoms with E-state index in [0.29, 0.717) is 19.5 Å². The van der Waals surface area contributed by atoms with E-state index in [1.807, 2.05) is 36.4 Å². The highest BCUT2D eigenvalue weighted by molar-refractivity contribution is 6.30. The Morgan fingerprint density at radius 3 is 2.60 bits per heavy atom. The number of hydrogen-bond acceptors (Lipinski definition) is 5. The number of amides is 1. The first kappa shape index (κ1) is 21.1. The van der Waals surface area contributed by atoms with Gasteiger partial charge in [-0.25, -0.2) is 0 Å². The summed E-state index contributed by atoms with van der Waals surface area (Å²) in [7, 11) is 0. The summed E-state index contributed by atoms with van der Waals surface area (Å²) in [6.45, 7) is 5.65. The average molecular weight is 429 g/mol. The number of nitrogens with zero attached hydrogens (tertiary/aromatic N) is 2. The zero-order valence-electron chi connectivity index (χ0n) is 17.1. The Morgan fingerprint density at radius 1 is 1.07 bits per heavy atom. The first-order valence-electron chi connectivity index (χ1n) is 10.6. The molecule has 1 unspecified atom stereocenters. The Bertz CT molecular complexity index is 866. The van der Waals surface area contributed by atoms with E-state index in [2.05, 4.69) is 26.5 Å². The molecule has 2 aromatic rings. The van der Waals surface area contributed by atoms with Crippen molar-refractivity contribution in [3.8, 4) is 0 Å². The minimum Gasteiger partial charge on any atom is -0.390 e. The third-order valence-electron chi connectivity index (χ3n) is 5.83. The van der Waals surface area contributed by atoms with Crippen LogP contribution in [0.3, 0.4) is 0 Å². The minimum atomic E-state index is -0.399. The summed E-state index contributed by atoms with van der Waals surface area (Å²) < 4.78 is 0. The minimum absolute atomic E-state index is 0.100. The number of piperazine rings is 1. The van der Waals surface area contributed by atoms with Crippen LogP contribution in [0.4, 0.5) is 11.4 Å². The van der Waals surface area contributed by atoms with E-state index in [-0.39, 0.29) is 5.91 Å². The molecule has 0 spiro atoms. The van der Waals surface area contributed by atoms with Crippen molar-refractivity contribution < 1.29 is 9.90 Å². The molecule has 0 saturated carbocycles. The van der Waals surface area contributed by atoms with Crippen LogP contribution in [0.2, 0.25) is 5.02 Å². The fraction of sp³-hybridized carbons (Fsp3) is 0.435. The summed E-state index contributed by atoms with van der Waals surface area (Å²) in [6, 6.07) is 13.9. The maximum Gasteiger partial charge on any atom is 0.224 e. The van der Waals surface area contributed by atoms with Crippen molar-refractivity contribution in [1.29, 1.82) is 0 Å². The lowest BCUT2D eigenvalue weighted by Gasteiger charge is -2.38. The molecule has 1 amide bonds. The van der Waals surface area contributed by atoms with E-state index >= 15 is 0 Å². The van der Waals surface area contributed by atoms with E-state index in [1.165, 1.54) is 11.3 Å². The second kappa shape index (κ2) is 9.79. The van der Waals surface area contributed by atoms with Gasteiger partial charge in [0.2, 0.25) is 5.91 Å². The number of fused-ring (bicyclic) bond motifs is 1. The number of anilines is 2. The molecule has 0 bridgehead atoms. The summed E-state index contributed by atoms with van der Waals surface area (Å²) in [5.74, 6) is 0.100. The van der Waals surface area contributed by atoms with Crippen molar-refractivity contribution in [3.63, 3.8) is 0 Å².